The van der Waals surface area contributed by atoms with Crippen LogP contribution in [0.15, 0.2) is 53.9 Å². The summed E-state index contributed by atoms with van der Waals surface area (Å²) in [6.45, 7) is 0.0531. The molecular formula is C18H15N3O4S. The van der Waals surface area contributed by atoms with Crippen molar-refractivity contribution >= 4 is 22.9 Å². The van der Waals surface area contributed by atoms with Gasteiger partial charge in [0.05, 0.1) is 17.6 Å². The summed E-state index contributed by atoms with van der Waals surface area (Å²) in [5.74, 6) is 0.286. The molecule has 0 atom stereocenters. The maximum absolute atomic E-state index is 12.3. The van der Waals surface area contributed by atoms with Crippen molar-refractivity contribution in [1.29, 1.82) is 0 Å². The summed E-state index contributed by atoms with van der Waals surface area (Å²) in [7, 11) is 1.58. The van der Waals surface area contributed by atoms with Crippen molar-refractivity contribution in [3.8, 4) is 16.3 Å². The van der Waals surface area contributed by atoms with E-state index in [1.54, 1.807) is 30.7 Å². The Kier molecular flexibility index (Phi) is 5.23. The molecule has 0 aliphatic carbocycles. The second-order valence-electron chi connectivity index (χ2n) is 5.31. The molecule has 1 N–H and O–H groups in total. The number of benzene rings is 2. The number of amides is 1. The number of para-hydroxylation sites is 2. The van der Waals surface area contributed by atoms with E-state index in [0.29, 0.717) is 16.3 Å². The van der Waals surface area contributed by atoms with Gasteiger partial charge in [0.1, 0.15) is 16.5 Å². The zero-order valence-electron chi connectivity index (χ0n) is 13.8. The molecule has 132 valence electrons. The van der Waals surface area contributed by atoms with Crippen molar-refractivity contribution in [2.45, 2.75) is 6.54 Å². The SMILES string of the molecule is COc1ccccc1-c1nc(C(=O)NCc2ccccc2[N+](=O)[O-])cs1. The highest BCUT2D eigenvalue weighted by Crippen LogP contribution is 2.31. The lowest BCUT2D eigenvalue weighted by Gasteiger charge is -2.05. The number of thiazole rings is 1. The lowest BCUT2D eigenvalue weighted by atomic mass is 10.2. The molecule has 7 nitrogen and oxygen atoms in total. The largest absolute Gasteiger partial charge is 0.496 e. The lowest BCUT2D eigenvalue weighted by Crippen LogP contribution is -2.23. The van der Waals surface area contributed by atoms with Gasteiger partial charge in [0.25, 0.3) is 11.6 Å². The first-order valence-electron chi connectivity index (χ1n) is 7.69. The lowest BCUT2D eigenvalue weighted by molar-refractivity contribution is -0.385. The topological polar surface area (TPSA) is 94.4 Å². The van der Waals surface area contributed by atoms with Crippen LogP contribution < -0.4 is 10.1 Å². The average molecular weight is 369 g/mol. The minimum Gasteiger partial charge on any atom is -0.496 e. The zero-order chi connectivity index (χ0) is 18.5. The second kappa shape index (κ2) is 7.75. The summed E-state index contributed by atoms with van der Waals surface area (Å²) in [6.07, 6.45) is 0. The molecule has 0 saturated heterocycles. The Bertz CT molecular complexity index is 955. The maximum Gasteiger partial charge on any atom is 0.274 e. The fourth-order valence-corrected chi connectivity index (χ4v) is 3.26. The van der Waals surface area contributed by atoms with Crippen LogP contribution in [0.1, 0.15) is 16.1 Å². The van der Waals surface area contributed by atoms with Crippen LogP contribution in [0.5, 0.6) is 5.75 Å². The predicted octanol–water partition coefficient (Wildman–Crippen LogP) is 3.66. The number of methoxy groups -OCH3 is 1. The van der Waals surface area contributed by atoms with Crippen molar-refractivity contribution in [2.24, 2.45) is 0 Å². The third-order valence-electron chi connectivity index (χ3n) is 3.70. The first-order valence-corrected chi connectivity index (χ1v) is 8.57. The molecule has 2 aromatic carbocycles. The van der Waals surface area contributed by atoms with E-state index < -0.39 is 4.92 Å². The van der Waals surface area contributed by atoms with E-state index in [-0.39, 0.29) is 23.8 Å². The molecule has 0 unspecified atom stereocenters. The summed E-state index contributed by atoms with van der Waals surface area (Å²) >= 11 is 1.33. The van der Waals surface area contributed by atoms with E-state index in [1.807, 2.05) is 24.3 Å². The van der Waals surface area contributed by atoms with Crippen molar-refractivity contribution in [3.63, 3.8) is 0 Å². The zero-order valence-corrected chi connectivity index (χ0v) is 14.7. The van der Waals surface area contributed by atoms with Gasteiger partial charge in [-0.05, 0) is 12.1 Å². The first kappa shape index (κ1) is 17.6. The number of rotatable bonds is 6. The number of carbonyl (C=O) groups is 1. The molecule has 1 amide bonds. The molecule has 8 heteroatoms. The van der Waals surface area contributed by atoms with E-state index in [2.05, 4.69) is 10.3 Å². The Morgan fingerprint density at radius 2 is 1.96 bits per heavy atom. The van der Waals surface area contributed by atoms with E-state index in [4.69, 9.17) is 4.74 Å². The van der Waals surface area contributed by atoms with E-state index in [0.717, 1.165) is 5.56 Å². The summed E-state index contributed by atoms with van der Waals surface area (Å²) in [6, 6.07) is 13.7. The Morgan fingerprint density at radius 3 is 2.73 bits per heavy atom. The van der Waals surface area contributed by atoms with Gasteiger partial charge in [-0.15, -0.1) is 11.3 Å². The fraction of sp³-hybridized carbons (Fsp3) is 0.111. The summed E-state index contributed by atoms with van der Waals surface area (Å²) in [4.78, 5) is 27.2. The normalized spacial score (nSPS) is 10.3. The number of hydrogen-bond acceptors (Lipinski definition) is 6. The number of carbonyl (C=O) groups excluding carboxylic acids is 1. The summed E-state index contributed by atoms with van der Waals surface area (Å²) in [5, 5.41) is 16.0. The van der Waals surface area contributed by atoms with Crippen LogP contribution >= 0.6 is 11.3 Å². The molecule has 0 saturated carbocycles. The standard InChI is InChI=1S/C18H15N3O4S/c1-25-16-9-5-3-7-13(16)18-20-14(11-26-18)17(22)19-10-12-6-2-4-8-15(12)21(23)24/h2-9,11H,10H2,1H3,(H,19,22). The van der Waals surface area contributed by atoms with Crippen LogP contribution in [0.3, 0.4) is 0 Å². The number of hydrogen-bond donors (Lipinski definition) is 1. The maximum atomic E-state index is 12.3. The Morgan fingerprint density at radius 1 is 1.23 bits per heavy atom. The minimum atomic E-state index is -0.468. The molecule has 0 fully saturated rings. The van der Waals surface area contributed by atoms with Gasteiger partial charge in [-0.25, -0.2) is 4.98 Å². The number of ether oxygens (including phenoxy) is 1. The van der Waals surface area contributed by atoms with Crippen LogP contribution in [0, 0.1) is 10.1 Å². The molecule has 3 rings (SSSR count). The smallest absolute Gasteiger partial charge is 0.274 e. The molecule has 1 aromatic heterocycles. The van der Waals surface area contributed by atoms with Crippen molar-refractivity contribution < 1.29 is 14.5 Å². The van der Waals surface area contributed by atoms with Gasteiger partial charge in [-0.1, -0.05) is 30.3 Å². The minimum absolute atomic E-state index is 0.0270. The molecule has 26 heavy (non-hydrogen) atoms. The monoisotopic (exact) mass is 369 g/mol. The average Bonchev–Trinajstić information content (AvgIpc) is 3.16. The quantitative estimate of drug-likeness (QED) is 0.529. The van der Waals surface area contributed by atoms with Gasteiger partial charge in [0, 0.05) is 23.6 Å². The number of nitro benzene ring substituents is 1. The van der Waals surface area contributed by atoms with Crippen LogP contribution in [-0.2, 0) is 6.54 Å². The van der Waals surface area contributed by atoms with Crippen LogP contribution in [0.4, 0.5) is 5.69 Å². The van der Waals surface area contributed by atoms with E-state index in [1.165, 1.54) is 17.4 Å². The Hall–Kier alpha value is -3.26. The highest BCUT2D eigenvalue weighted by atomic mass is 32.1. The number of nitro groups is 1. The molecule has 0 aliphatic heterocycles. The molecule has 3 aromatic rings. The Balaban J connectivity index is 1.74. The molecule has 0 spiro atoms. The molecule has 0 radical (unpaired) electrons. The molecule has 1 heterocycles. The van der Waals surface area contributed by atoms with Crippen LogP contribution in [0.25, 0.3) is 10.6 Å². The van der Waals surface area contributed by atoms with Crippen LogP contribution in [-0.4, -0.2) is 22.9 Å². The number of nitrogens with one attached hydrogen (secondary N) is 1. The van der Waals surface area contributed by atoms with E-state index >= 15 is 0 Å². The Labute approximate surface area is 153 Å². The third kappa shape index (κ3) is 3.70. The van der Waals surface area contributed by atoms with Gasteiger partial charge in [0.15, 0.2) is 0 Å². The fourth-order valence-electron chi connectivity index (χ4n) is 2.43. The third-order valence-corrected chi connectivity index (χ3v) is 4.58. The molecule has 0 bridgehead atoms. The van der Waals surface area contributed by atoms with Gasteiger partial charge >= 0.3 is 0 Å². The van der Waals surface area contributed by atoms with Gasteiger partial charge < -0.3 is 10.1 Å². The van der Waals surface area contributed by atoms with Crippen molar-refractivity contribution in [2.75, 3.05) is 7.11 Å². The predicted molar refractivity (Wildman–Crippen MR) is 98.4 cm³/mol. The van der Waals surface area contributed by atoms with Gasteiger partial charge in [0.2, 0.25) is 0 Å². The number of nitrogens with zero attached hydrogens (tertiary/aromatic N) is 2. The molecular weight excluding hydrogens is 354 g/mol. The summed E-state index contributed by atoms with van der Waals surface area (Å²) < 4.78 is 5.31. The van der Waals surface area contributed by atoms with E-state index in [9.17, 15) is 14.9 Å². The number of aromatic nitrogens is 1. The second-order valence-corrected chi connectivity index (χ2v) is 6.16. The van der Waals surface area contributed by atoms with Gasteiger partial charge in [-0.3, -0.25) is 14.9 Å². The van der Waals surface area contributed by atoms with Crippen molar-refractivity contribution in [3.05, 3.63) is 75.3 Å². The summed E-state index contributed by atoms with van der Waals surface area (Å²) in [5.41, 5.74) is 1.47. The highest BCUT2D eigenvalue weighted by molar-refractivity contribution is 7.13. The molecule has 0 aliphatic rings. The van der Waals surface area contributed by atoms with Crippen LogP contribution in [0.2, 0.25) is 0 Å². The highest BCUT2D eigenvalue weighted by Gasteiger charge is 2.16. The first-order chi connectivity index (χ1) is 12.6. The van der Waals surface area contributed by atoms with Crippen molar-refractivity contribution in [1.82, 2.24) is 10.3 Å². The van der Waals surface area contributed by atoms with Gasteiger partial charge in [-0.2, -0.15) is 0 Å².